The SMILES string of the molecule is C=COC(CCC)C(=O)OCC. The third-order valence-corrected chi connectivity index (χ3v) is 1.36. The summed E-state index contributed by atoms with van der Waals surface area (Å²) < 4.78 is 9.78. The number of rotatable bonds is 6. The number of ether oxygens (including phenoxy) is 2. The van der Waals surface area contributed by atoms with Crippen molar-refractivity contribution in [3.63, 3.8) is 0 Å². The topological polar surface area (TPSA) is 35.5 Å². The van der Waals surface area contributed by atoms with E-state index in [1.165, 1.54) is 6.26 Å². The molecule has 0 aromatic heterocycles. The van der Waals surface area contributed by atoms with E-state index in [1.54, 1.807) is 6.92 Å². The summed E-state index contributed by atoms with van der Waals surface area (Å²) in [7, 11) is 0. The Kier molecular flexibility index (Phi) is 6.15. The molecule has 0 fully saturated rings. The van der Waals surface area contributed by atoms with Gasteiger partial charge in [-0.2, -0.15) is 0 Å². The first-order chi connectivity index (χ1) is 5.76. The van der Waals surface area contributed by atoms with Crippen molar-refractivity contribution in [2.24, 2.45) is 0 Å². The van der Waals surface area contributed by atoms with Crippen molar-refractivity contribution in [1.82, 2.24) is 0 Å². The zero-order valence-electron chi connectivity index (χ0n) is 7.71. The molecule has 0 rings (SSSR count). The quantitative estimate of drug-likeness (QED) is 0.453. The largest absolute Gasteiger partial charge is 0.487 e. The summed E-state index contributed by atoms with van der Waals surface area (Å²) in [5, 5.41) is 0. The molecule has 0 aromatic carbocycles. The van der Waals surface area contributed by atoms with Gasteiger partial charge in [-0.1, -0.05) is 19.9 Å². The van der Waals surface area contributed by atoms with Crippen LogP contribution in [0.15, 0.2) is 12.8 Å². The standard InChI is InChI=1S/C9H16O3/c1-4-7-8(11-5-2)9(10)12-6-3/h5,8H,2,4,6-7H2,1,3H3. The molecule has 70 valence electrons. The second-order valence-corrected chi connectivity index (χ2v) is 2.33. The maximum absolute atomic E-state index is 11.1. The molecule has 0 spiro atoms. The van der Waals surface area contributed by atoms with Crippen LogP contribution in [-0.4, -0.2) is 18.7 Å². The lowest BCUT2D eigenvalue weighted by Gasteiger charge is -2.13. The summed E-state index contributed by atoms with van der Waals surface area (Å²) in [5.74, 6) is -0.306. The van der Waals surface area contributed by atoms with Crippen LogP contribution >= 0.6 is 0 Å². The zero-order valence-corrected chi connectivity index (χ0v) is 7.71. The Bertz CT molecular complexity index is 143. The van der Waals surface area contributed by atoms with Gasteiger partial charge < -0.3 is 9.47 Å². The van der Waals surface area contributed by atoms with E-state index in [4.69, 9.17) is 9.47 Å². The van der Waals surface area contributed by atoms with Crippen LogP contribution in [0.3, 0.4) is 0 Å². The summed E-state index contributed by atoms with van der Waals surface area (Å²) >= 11 is 0. The van der Waals surface area contributed by atoms with Crippen molar-refractivity contribution in [3.05, 3.63) is 12.8 Å². The van der Waals surface area contributed by atoms with E-state index in [-0.39, 0.29) is 5.97 Å². The highest BCUT2D eigenvalue weighted by molar-refractivity contribution is 5.74. The summed E-state index contributed by atoms with van der Waals surface area (Å²) in [6, 6.07) is 0. The predicted molar refractivity (Wildman–Crippen MR) is 46.6 cm³/mol. The van der Waals surface area contributed by atoms with Crippen LogP contribution in [0.1, 0.15) is 26.7 Å². The number of carbonyl (C=O) groups excluding carboxylic acids is 1. The van der Waals surface area contributed by atoms with Crippen LogP contribution in [0.4, 0.5) is 0 Å². The molecule has 3 nitrogen and oxygen atoms in total. The molecule has 0 radical (unpaired) electrons. The van der Waals surface area contributed by atoms with Gasteiger partial charge in [0.15, 0.2) is 6.10 Å². The molecule has 12 heavy (non-hydrogen) atoms. The van der Waals surface area contributed by atoms with E-state index in [2.05, 4.69) is 6.58 Å². The van der Waals surface area contributed by atoms with Gasteiger partial charge in [0.1, 0.15) is 0 Å². The highest BCUT2D eigenvalue weighted by Gasteiger charge is 2.18. The second kappa shape index (κ2) is 6.70. The summed E-state index contributed by atoms with van der Waals surface area (Å²) in [6.45, 7) is 7.54. The molecule has 0 N–H and O–H groups in total. The molecule has 0 bridgehead atoms. The lowest BCUT2D eigenvalue weighted by Crippen LogP contribution is -2.24. The van der Waals surface area contributed by atoms with E-state index in [0.717, 1.165) is 6.42 Å². The Morgan fingerprint density at radius 3 is 2.67 bits per heavy atom. The Labute approximate surface area is 73.4 Å². The van der Waals surface area contributed by atoms with Gasteiger partial charge in [-0.3, -0.25) is 0 Å². The Balaban J connectivity index is 3.89. The zero-order chi connectivity index (χ0) is 9.40. The van der Waals surface area contributed by atoms with E-state index in [1.807, 2.05) is 6.92 Å². The molecule has 0 heterocycles. The molecular weight excluding hydrogens is 156 g/mol. The first-order valence-corrected chi connectivity index (χ1v) is 4.19. The lowest BCUT2D eigenvalue weighted by molar-refractivity contribution is -0.153. The number of hydrogen-bond donors (Lipinski definition) is 0. The Morgan fingerprint density at radius 1 is 1.58 bits per heavy atom. The molecular formula is C9H16O3. The lowest BCUT2D eigenvalue weighted by atomic mass is 10.2. The van der Waals surface area contributed by atoms with E-state index < -0.39 is 6.10 Å². The third-order valence-electron chi connectivity index (χ3n) is 1.36. The van der Waals surface area contributed by atoms with Crippen LogP contribution in [0.5, 0.6) is 0 Å². The molecule has 0 aliphatic carbocycles. The van der Waals surface area contributed by atoms with Gasteiger partial charge in [-0.25, -0.2) is 4.79 Å². The minimum Gasteiger partial charge on any atom is -0.487 e. The average molecular weight is 172 g/mol. The Morgan fingerprint density at radius 2 is 2.25 bits per heavy atom. The van der Waals surface area contributed by atoms with E-state index >= 15 is 0 Å². The van der Waals surface area contributed by atoms with Gasteiger partial charge in [-0.05, 0) is 13.3 Å². The normalized spacial score (nSPS) is 11.8. The van der Waals surface area contributed by atoms with E-state index in [0.29, 0.717) is 13.0 Å². The smallest absolute Gasteiger partial charge is 0.347 e. The van der Waals surface area contributed by atoms with E-state index in [9.17, 15) is 4.79 Å². The number of carbonyl (C=O) groups is 1. The van der Waals surface area contributed by atoms with Crippen molar-refractivity contribution < 1.29 is 14.3 Å². The van der Waals surface area contributed by atoms with Gasteiger partial charge in [0, 0.05) is 0 Å². The highest BCUT2D eigenvalue weighted by atomic mass is 16.6. The second-order valence-electron chi connectivity index (χ2n) is 2.33. The van der Waals surface area contributed by atoms with Crippen LogP contribution in [0, 0.1) is 0 Å². The van der Waals surface area contributed by atoms with Gasteiger partial charge in [0.25, 0.3) is 0 Å². The summed E-state index contributed by atoms with van der Waals surface area (Å²) in [5.41, 5.74) is 0. The number of hydrogen-bond acceptors (Lipinski definition) is 3. The fourth-order valence-corrected chi connectivity index (χ4v) is 0.855. The van der Waals surface area contributed by atoms with Crippen molar-refractivity contribution in [2.45, 2.75) is 32.8 Å². The molecule has 1 atom stereocenters. The molecule has 0 saturated heterocycles. The molecule has 0 aromatic rings. The third kappa shape index (κ3) is 4.01. The molecule has 0 saturated carbocycles. The predicted octanol–water partition coefficient (Wildman–Crippen LogP) is 1.88. The minimum atomic E-state index is -0.479. The van der Waals surface area contributed by atoms with Crippen LogP contribution < -0.4 is 0 Å². The Hall–Kier alpha value is -0.990. The maximum atomic E-state index is 11.1. The minimum absolute atomic E-state index is 0.306. The van der Waals surface area contributed by atoms with Crippen LogP contribution in [0.2, 0.25) is 0 Å². The van der Waals surface area contributed by atoms with Crippen molar-refractivity contribution in [3.8, 4) is 0 Å². The monoisotopic (exact) mass is 172 g/mol. The molecule has 0 aliphatic rings. The van der Waals surface area contributed by atoms with Gasteiger partial charge in [-0.15, -0.1) is 0 Å². The first-order valence-electron chi connectivity index (χ1n) is 4.19. The fourth-order valence-electron chi connectivity index (χ4n) is 0.855. The van der Waals surface area contributed by atoms with Crippen LogP contribution in [0.25, 0.3) is 0 Å². The van der Waals surface area contributed by atoms with Gasteiger partial charge in [0.05, 0.1) is 12.9 Å². The molecule has 3 heteroatoms. The average Bonchev–Trinajstić information content (AvgIpc) is 2.04. The first kappa shape index (κ1) is 11.0. The summed E-state index contributed by atoms with van der Waals surface area (Å²) in [4.78, 5) is 11.1. The number of esters is 1. The van der Waals surface area contributed by atoms with Crippen LogP contribution in [-0.2, 0) is 14.3 Å². The molecule has 1 unspecified atom stereocenters. The molecule has 0 aliphatic heterocycles. The maximum Gasteiger partial charge on any atom is 0.347 e. The fraction of sp³-hybridized carbons (Fsp3) is 0.667. The highest BCUT2D eigenvalue weighted by Crippen LogP contribution is 2.04. The van der Waals surface area contributed by atoms with Crippen molar-refractivity contribution in [2.75, 3.05) is 6.61 Å². The summed E-state index contributed by atoms with van der Waals surface area (Å²) in [6.07, 6.45) is 2.35. The van der Waals surface area contributed by atoms with Gasteiger partial charge in [0.2, 0.25) is 0 Å². The molecule has 0 amide bonds. The van der Waals surface area contributed by atoms with Crippen molar-refractivity contribution in [1.29, 1.82) is 0 Å². The van der Waals surface area contributed by atoms with Crippen molar-refractivity contribution >= 4 is 5.97 Å². The van der Waals surface area contributed by atoms with Gasteiger partial charge >= 0.3 is 5.97 Å².